The van der Waals surface area contributed by atoms with Gasteiger partial charge < -0.3 is 10.2 Å². The third kappa shape index (κ3) is 16.5. The predicted molar refractivity (Wildman–Crippen MR) is 103 cm³/mol. The molecule has 0 saturated carbocycles. The summed E-state index contributed by atoms with van der Waals surface area (Å²) in [5, 5.41) is 19.1. The van der Waals surface area contributed by atoms with Gasteiger partial charge >= 0.3 is 0 Å². The Morgan fingerprint density at radius 3 is 2.04 bits per heavy atom. The van der Waals surface area contributed by atoms with Crippen LogP contribution in [-0.4, -0.2) is 131 Å². The molecule has 1 saturated heterocycles. The van der Waals surface area contributed by atoms with Crippen LogP contribution in [0.3, 0.4) is 0 Å². The van der Waals surface area contributed by atoms with Crippen LogP contribution in [0.2, 0.25) is 0 Å². The van der Waals surface area contributed by atoms with E-state index in [1.54, 1.807) is 4.90 Å². The SMILES string of the molecule is CCON1CCN(CCO[SH](=O)=O)CC1.O=S(=O)(O)CCN(CCO)CCO. The maximum atomic E-state index is 10.3. The number of hydrogen-bond donors (Lipinski definition) is 4. The van der Waals surface area contributed by atoms with Crippen molar-refractivity contribution in [2.75, 3.05) is 84.5 Å². The summed E-state index contributed by atoms with van der Waals surface area (Å²) in [6, 6.07) is 0. The first-order valence-electron chi connectivity index (χ1n) is 8.98. The van der Waals surface area contributed by atoms with E-state index in [1.165, 1.54) is 0 Å². The summed E-state index contributed by atoms with van der Waals surface area (Å²) >= 11 is 0. The molecular weight excluding hydrogens is 418 g/mol. The molecule has 0 amide bonds. The minimum atomic E-state index is -3.96. The maximum Gasteiger partial charge on any atom is 0.266 e. The van der Waals surface area contributed by atoms with Crippen LogP contribution in [0.15, 0.2) is 0 Å². The highest BCUT2D eigenvalue weighted by atomic mass is 32.2. The second-order valence-corrected chi connectivity index (χ2v) is 8.10. The molecule has 0 aromatic rings. The average Bonchev–Trinajstić information content (AvgIpc) is 2.61. The molecule has 170 valence electrons. The van der Waals surface area contributed by atoms with E-state index in [0.717, 1.165) is 26.2 Å². The summed E-state index contributed by atoms with van der Waals surface area (Å²) in [5.74, 6) is -0.382. The van der Waals surface area contributed by atoms with E-state index in [9.17, 15) is 16.8 Å². The molecule has 1 heterocycles. The monoisotopic (exact) mass is 451 g/mol. The molecule has 0 aliphatic carbocycles. The van der Waals surface area contributed by atoms with E-state index in [0.29, 0.717) is 13.2 Å². The summed E-state index contributed by atoms with van der Waals surface area (Å²) in [6.07, 6.45) is 0. The van der Waals surface area contributed by atoms with Crippen molar-refractivity contribution in [3.8, 4) is 0 Å². The van der Waals surface area contributed by atoms with Gasteiger partial charge in [0.25, 0.3) is 21.1 Å². The first-order valence-corrected chi connectivity index (χ1v) is 11.7. The van der Waals surface area contributed by atoms with Crippen molar-refractivity contribution in [3.63, 3.8) is 0 Å². The maximum absolute atomic E-state index is 10.3. The number of thiol groups is 1. The molecule has 1 rings (SSSR count). The molecular formula is C14H33N3O9S2. The van der Waals surface area contributed by atoms with Gasteiger partial charge in [0, 0.05) is 52.4 Å². The largest absolute Gasteiger partial charge is 0.395 e. The second-order valence-electron chi connectivity index (χ2n) is 5.82. The molecule has 3 N–H and O–H groups in total. The number of hydroxylamine groups is 2. The number of aliphatic hydroxyl groups excluding tert-OH is 2. The van der Waals surface area contributed by atoms with Gasteiger partial charge in [-0.15, -0.1) is 0 Å². The minimum absolute atomic E-state index is 0.106. The third-order valence-electron chi connectivity index (χ3n) is 3.75. The zero-order chi connectivity index (χ0) is 21.4. The Kier molecular flexibility index (Phi) is 16.1. The molecule has 0 aromatic heterocycles. The van der Waals surface area contributed by atoms with E-state index in [1.807, 2.05) is 12.0 Å². The van der Waals surface area contributed by atoms with Gasteiger partial charge in [0.15, 0.2) is 0 Å². The van der Waals surface area contributed by atoms with Crippen LogP contribution >= 0.6 is 0 Å². The fourth-order valence-corrected chi connectivity index (χ4v) is 3.09. The fraction of sp³-hybridized carbons (Fsp3) is 1.00. The Morgan fingerprint density at radius 2 is 1.61 bits per heavy atom. The van der Waals surface area contributed by atoms with Crippen molar-refractivity contribution >= 4 is 21.1 Å². The summed E-state index contributed by atoms with van der Waals surface area (Å²) in [4.78, 5) is 9.06. The molecule has 0 aromatic carbocycles. The van der Waals surface area contributed by atoms with E-state index in [-0.39, 0.29) is 45.2 Å². The lowest BCUT2D eigenvalue weighted by Gasteiger charge is -2.33. The van der Waals surface area contributed by atoms with Crippen LogP contribution < -0.4 is 0 Å². The fourth-order valence-electron chi connectivity index (χ4n) is 2.37. The van der Waals surface area contributed by atoms with Crippen molar-refractivity contribution in [2.45, 2.75) is 6.92 Å². The number of hydrogen-bond acceptors (Lipinski definition) is 11. The van der Waals surface area contributed by atoms with E-state index in [4.69, 9.17) is 19.6 Å². The molecule has 1 aliphatic heterocycles. The summed E-state index contributed by atoms with van der Waals surface area (Å²) in [6.45, 7) is 7.52. The van der Waals surface area contributed by atoms with Crippen LogP contribution in [0.5, 0.6) is 0 Å². The molecule has 0 radical (unpaired) electrons. The van der Waals surface area contributed by atoms with Crippen molar-refractivity contribution in [2.24, 2.45) is 0 Å². The van der Waals surface area contributed by atoms with Crippen molar-refractivity contribution in [1.82, 2.24) is 14.9 Å². The number of nitrogens with zero attached hydrogens (tertiary/aromatic N) is 3. The van der Waals surface area contributed by atoms with Crippen LogP contribution in [0, 0.1) is 0 Å². The molecule has 0 atom stereocenters. The Hall–Kier alpha value is -0.420. The quantitative estimate of drug-likeness (QED) is 0.169. The lowest BCUT2D eigenvalue weighted by Crippen LogP contribution is -2.47. The molecule has 12 nitrogen and oxygen atoms in total. The van der Waals surface area contributed by atoms with Gasteiger partial charge in [-0.1, -0.05) is 0 Å². The van der Waals surface area contributed by atoms with Crippen molar-refractivity contribution < 1.29 is 40.6 Å². The Bertz CT molecular complexity index is 538. The summed E-state index contributed by atoms with van der Waals surface area (Å²) in [5.41, 5.74) is 0. The second kappa shape index (κ2) is 16.4. The standard InChI is InChI=1S/C8H18N2O4S.C6H15NO5S/c1-2-13-10-5-3-9(4-6-10)7-8-14-15(11)12;8-4-1-7(2-5-9)3-6-13(10,11)12/h15H,2-8H2,1H3;8-9H,1-6H2,(H,10,11,12). The Balaban J connectivity index is 0.000000528. The van der Waals surface area contributed by atoms with E-state index >= 15 is 0 Å². The van der Waals surface area contributed by atoms with Crippen molar-refractivity contribution in [1.29, 1.82) is 0 Å². The third-order valence-corrected chi connectivity index (χ3v) is 4.84. The number of rotatable bonds is 13. The normalized spacial score (nSPS) is 16.4. The van der Waals surface area contributed by atoms with E-state index < -0.39 is 21.1 Å². The van der Waals surface area contributed by atoms with E-state index in [2.05, 4.69) is 9.08 Å². The lowest BCUT2D eigenvalue weighted by molar-refractivity contribution is -0.172. The highest BCUT2D eigenvalue weighted by molar-refractivity contribution is 7.85. The molecule has 1 aliphatic rings. The Labute approximate surface area is 168 Å². The van der Waals surface area contributed by atoms with Crippen LogP contribution in [0.25, 0.3) is 0 Å². The zero-order valence-corrected chi connectivity index (χ0v) is 17.9. The van der Waals surface area contributed by atoms with Gasteiger partial charge in [-0.05, 0) is 6.92 Å². The zero-order valence-electron chi connectivity index (χ0n) is 16.2. The average molecular weight is 452 g/mol. The van der Waals surface area contributed by atoms with Gasteiger partial charge in [0.1, 0.15) is 0 Å². The summed E-state index contributed by atoms with van der Waals surface area (Å²) < 4.78 is 53.9. The first-order chi connectivity index (χ1) is 13.2. The van der Waals surface area contributed by atoms with Gasteiger partial charge in [-0.2, -0.15) is 13.5 Å². The molecule has 28 heavy (non-hydrogen) atoms. The van der Waals surface area contributed by atoms with Crippen LogP contribution in [0.4, 0.5) is 0 Å². The van der Waals surface area contributed by atoms with Crippen molar-refractivity contribution in [3.05, 3.63) is 0 Å². The number of piperazine rings is 1. The highest BCUT2D eigenvalue weighted by Gasteiger charge is 2.16. The number of aliphatic hydroxyl groups is 2. The molecule has 14 heteroatoms. The first kappa shape index (κ1) is 27.6. The van der Waals surface area contributed by atoms with Gasteiger partial charge in [0.2, 0.25) is 0 Å². The lowest BCUT2D eigenvalue weighted by atomic mass is 10.3. The highest BCUT2D eigenvalue weighted by Crippen LogP contribution is 2.01. The summed E-state index contributed by atoms with van der Waals surface area (Å²) in [7, 11) is -6.66. The smallest absolute Gasteiger partial charge is 0.266 e. The van der Waals surface area contributed by atoms with Crippen LogP contribution in [0.1, 0.15) is 6.92 Å². The van der Waals surface area contributed by atoms with Gasteiger partial charge in [-0.25, -0.2) is 8.42 Å². The minimum Gasteiger partial charge on any atom is -0.395 e. The molecule has 0 bridgehead atoms. The Morgan fingerprint density at radius 1 is 1.04 bits per heavy atom. The molecule has 1 fully saturated rings. The van der Waals surface area contributed by atoms with Gasteiger partial charge in [0.05, 0.1) is 32.2 Å². The van der Waals surface area contributed by atoms with Crippen LogP contribution in [-0.2, 0) is 30.1 Å². The topological polar surface area (TPSA) is 157 Å². The van der Waals surface area contributed by atoms with Gasteiger partial charge in [-0.3, -0.25) is 23.4 Å². The molecule has 0 spiro atoms. The molecule has 0 unspecified atom stereocenters. The predicted octanol–water partition coefficient (Wildman–Crippen LogP) is -2.74.